The highest BCUT2D eigenvalue weighted by Crippen LogP contribution is 2.51. The molecule has 2 saturated carbocycles. The minimum atomic E-state index is 0.152. The van der Waals surface area contributed by atoms with Crippen LogP contribution in [0.1, 0.15) is 42.7 Å². The summed E-state index contributed by atoms with van der Waals surface area (Å²) in [6.45, 7) is 2.11. The van der Waals surface area contributed by atoms with E-state index < -0.39 is 0 Å². The quantitative estimate of drug-likeness (QED) is 0.876. The van der Waals surface area contributed by atoms with Crippen molar-refractivity contribution in [1.82, 2.24) is 4.98 Å². The van der Waals surface area contributed by atoms with E-state index >= 15 is 0 Å². The van der Waals surface area contributed by atoms with Crippen molar-refractivity contribution in [2.24, 2.45) is 17.6 Å². The third kappa shape index (κ3) is 1.70. The van der Waals surface area contributed by atoms with Crippen LogP contribution < -0.4 is 5.73 Å². The van der Waals surface area contributed by atoms with Gasteiger partial charge in [-0.25, -0.2) is 4.98 Å². The molecule has 3 atom stereocenters. The summed E-state index contributed by atoms with van der Waals surface area (Å²) < 4.78 is 0. The molecule has 0 amide bonds. The number of thiazole rings is 1. The normalized spacial score (nSPS) is 37.1. The van der Waals surface area contributed by atoms with Crippen molar-refractivity contribution in [1.29, 1.82) is 0 Å². The molecule has 2 nitrogen and oxygen atoms in total. The molecule has 3 unspecified atom stereocenters. The molecule has 2 fully saturated rings. The van der Waals surface area contributed by atoms with Crippen LogP contribution in [0.25, 0.3) is 0 Å². The summed E-state index contributed by atoms with van der Waals surface area (Å²) in [7, 11) is 0. The van der Waals surface area contributed by atoms with Crippen LogP contribution in [0.3, 0.4) is 0 Å². The summed E-state index contributed by atoms with van der Waals surface area (Å²) in [4.78, 5) is 5.75. The number of rotatable bonds is 3. The zero-order valence-electron chi connectivity index (χ0n) is 9.91. The topological polar surface area (TPSA) is 38.9 Å². The summed E-state index contributed by atoms with van der Waals surface area (Å²) in [6, 6.07) is 0. The van der Waals surface area contributed by atoms with Gasteiger partial charge in [-0.2, -0.15) is 0 Å². The third-order valence-corrected chi connectivity index (χ3v) is 5.68. The molecule has 0 radical (unpaired) electrons. The van der Waals surface area contributed by atoms with Gasteiger partial charge < -0.3 is 5.73 Å². The number of aryl methyl sites for hydroxylation is 2. The van der Waals surface area contributed by atoms with E-state index in [0.717, 1.165) is 24.7 Å². The fourth-order valence-corrected chi connectivity index (χ4v) is 4.49. The van der Waals surface area contributed by atoms with Gasteiger partial charge in [-0.3, -0.25) is 0 Å². The maximum absolute atomic E-state index is 6.60. The molecule has 2 aliphatic carbocycles. The number of nitrogens with zero attached hydrogens (tertiary/aromatic N) is 1. The first-order valence-electron chi connectivity index (χ1n) is 6.35. The Labute approximate surface area is 101 Å². The van der Waals surface area contributed by atoms with Crippen molar-refractivity contribution in [2.45, 2.75) is 51.0 Å². The van der Waals surface area contributed by atoms with Gasteiger partial charge in [0.05, 0.1) is 11.2 Å². The highest BCUT2D eigenvalue weighted by molar-refractivity contribution is 7.09. The first-order valence-corrected chi connectivity index (χ1v) is 7.23. The Morgan fingerprint density at radius 2 is 2.44 bits per heavy atom. The van der Waals surface area contributed by atoms with Gasteiger partial charge in [0, 0.05) is 10.4 Å². The van der Waals surface area contributed by atoms with E-state index in [-0.39, 0.29) is 5.54 Å². The number of aromatic nitrogens is 1. The van der Waals surface area contributed by atoms with Crippen LogP contribution in [-0.2, 0) is 6.42 Å². The summed E-state index contributed by atoms with van der Waals surface area (Å²) in [5.41, 5.74) is 9.91. The SMILES string of the molecule is Cc1ncsc1CCC1(N)CC2CCC1C2. The largest absolute Gasteiger partial charge is 0.325 e. The molecule has 2 aliphatic rings. The zero-order valence-corrected chi connectivity index (χ0v) is 10.7. The lowest BCUT2D eigenvalue weighted by atomic mass is 9.78. The summed E-state index contributed by atoms with van der Waals surface area (Å²) in [6.07, 6.45) is 7.78. The average Bonchev–Trinajstić information content (AvgIpc) is 2.91. The van der Waals surface area contributed by atoms with Gasteiger partial charge in [0.2, 0.25) is 0 Å². The first-order chi connectivity index (χ1) is 7.67. The van der Waals surface area contributed by atoms with Gasteiger partial charge in [-0.15, -0.1) is 11.3 Å². The Kier molecular flexibility index (Phi) is 2.55. The van der Waals surface area contributed by atoms with E-state index in [1.807, 2.05) is 5.51 Å². The van der Waals surface area contributed by atoms with Crippen molar-refractivity contribution in [3.63, 3.8) is 0 Å². The van der Waals surface area contributed by atoms with Gasteiger partial charge in [-0.05, 0) is 50.9 Å². The fraction of sp³-hybridized carbons (Fsp3) is 0.769. The van der Waals surface area contributed by atoms with Gasteiger partial charge >= 0.3 is 0 Å². The Bertz CT molecular complexity index is 387. The molecular formula is C13H20N2S. The number of fused-ring (bicyclic) bond motifs is 2. The van der Waals surface area contributed by atoms with E-state index in [2.05, 4.69) is 11.9 Å². The minimum Gasteiger partial charge on any atom is -0.325 e. The first kappa shape index (κ1) is 10.7. The number of hydrogen-bond acceptors (Lipinski definition) is 3. The lowest BCUT2D eigenvalue weighted by Gasteiger charge is -2.33. The average molecular weight is 236 g/mol. The summed E-state index contributed by atoms with van der Waals surface area (Å²) >= 11 is 1.78. The second-order valence-corrected chi connectivity index (χ2v) is 6.61. The lowest BCUT2D eigenvalue weighted by Crippen LogP contribution is -2.45. The maximum atomic E-state index is 6.60. The van der Waals surface area contributed by atoms with Crippen LogP contribution in [0.5, 0.6) is 0 Å². The Hall–Kier alpha value is -0.410. The van der Waals surface area contributed by atoms with Crippen molar-refractivity contribution < 1.29 is 0 Å². The molecule has 88 valence electrons. The Balaban J connectivity index is 1.65. The number of nitrogens with two attached hydrogens (primary N) is 1. The second-order valence-electron chi connectivity index (χ2n) is 5.67. The summed E-state index contributed by atoms with van der Waals surface area (Å²) in [5, 5.41) is 0. The summed E-state index contributed by atoms with van der Waals surface area (Å²) in [5.74, 6) is 1.75. The highest BCUT2D eigenvalue weighted by atomic mass is 32.1. The van der Waals surface area contributed by atoms with Crippen LogP contribution in [0.2, 0.25) is 0 Å². The molecule has 1 heterocycles. The molecule has 1 aromatic heterocycles. The van der Waals surface area contributed by atoms with E-state index in [1.54, 1.807) is 11.3 Å². The molecule has 0 spiro atoms. The lowest BCUT2D eigenvalue weighted by molar-refractivity contribution is 0.254. The second kappa shape index (κ2) is 3.81. The third-order valence-electron chi connectivity index (χ3n) is 4.69. The Morgan fingerprint density at radius 3 is 3.00 bits per heavy atom. The maximum Gasteiger partial charge on any atom is 0.0797 e. The van der Waals surface area contributed by atoms with Gasteiger partial charge in [0.15, 0.2) is 0 Å². The van der Waals surface area contributed by atoms with Gasteiger partial charge in [0.25, 0.3) is 0 Å². The standard InChI is InChI=1S/C13H20N2S/c1-9-12(16-8-15-9)4-5-13(14)7-10-2-3-11(13)6-10/h8,10-11H,2-7,14H2,1H3. The van der Waals surface area contributed by atoms with E-state index in [9.17, 15) is 0 Å². The van der Waals surface area contributed by atoms with Crippen LogP contribution in [-0.4, -0.2) is 10.5 Å². The molecule has 2 bridgehead atoms. The van der Waals surface area contributed by atoms with E-state index in [0.29, 0.717) is 0 Å². The molecule has 0 saturated heterocycles. The molecular weight excluding hydrogens is 216 g/mol. The van der Waals surface area contributed by atoms with E-state index in [4.69, 9.17) is 5.73 Å². The van der Waals surface area contributed by atoms with Gasteiger partial charge in [0.1, 0.15) is 0 Å². The monoisotopic (exact) mass is 236 g/mol. The van der Waals surface area contributed by atoms with Gasteiger partial charge in [-0.1, -0.05) is 6.42 Å². The smallest absolute Gasteiger partial charge is 0.0797 e. The molecule has 3 rings (SSSR count). The minimum absolute atomic E-state index is 0.152. The predicted molar refractivity (Wildman–Crippen MR) is 67.5 cm³/mol. The van der Waals surface area contributed by atoms with Crippen LogP contribution >= 0.6 is 11.3 Å². The molecule has 16 heavy (non-hydrogen) atoms. The fourth-order valence-electron chi connectivity index (χ4n) is 3.71. The molecule has 3 heteroatoms. The van der Waals surface area contributed by atoms with Crippen molar-refractivity contribution in [2.75, 3.05) is 0 Å². The zero-order chi connectivity index (χ0) is 11.2. The molecule has 0 aliphatic heterocycles. The van der Waals surface area contributed by atoms with Crippen molar-refractivity contribution in [3.8, 4) is 0 Å². The van der Waals surface area contributed by atoms with Crippen molar-refractivity contribution >= 4 is 11.3 Å². The van der Waals surface area contributed by atoms with Crippen LogP contribution in [0.15, 0.2) is 5.51 Å². The highest BCUT2D eigenvalue weighted by Gasteiger charge is 2.47. The molecule has 1 aromatic rings. The van der Waals surface area contributed by atoms with Crippen LogP contribution in [0, 0.1) is 18.8 Å². The van der Waals surface area contributed by atoms with Crippen LogP contribution in [0.4, 0.5) is 0 Å². The predicted octanol–water partition coefficient (Wildman–Crippen LogP) is 2.90. The van der Waals surface area contributed by atoms with E-state index in [1.165, 1.54) is 36.3 Å². The molecule has 0 aromatic carbocycles. The van der Waals surface area contributed by atoms with Crippen molar-refractivity contribution in [3.05, 3.63) is 16.1 Å². The number of hydrogen-bond donors (Lipinski definition) is 1. The Morgan fingerprint density at radius 1 is 1.56 bits per heavy atom. The molecule has 2 N–H and O–H groups in total.